The second-order valence-electron chi connectivity index (χ2n) is 4.72. The van der Waals surface area contributed by atoms with Crippen LogP contribution in [0.5, 0.6) is 0 Å². The van der Waals surface area contributed by atoms with Gasteiger partial charge < -0.3 is 10.6 Å². The molecule has 2 rings (SSSR count). The fourth-order valence-corrected chi connectivity index (χ4v) is 3.08. The highest BCUT2D eigenvalue weighted by Gasteiger charge is 2.27. The Morgan fingerprint density at radius 2 is 2.47 bits per heavy atom. The summed E-state index contributed by atoms with van der Waals surface area (Å²) in [6.07, 6.45) is 2.54. The van der Waals surface area contributed by atoms with Gasteiger partial charge >= 0.3 is 0 Å². The lowest BCUT2D eigenvalue weighted by molar-refractivity contribution is -0.132. The molecule has 1 aliphatic rings. The summed E-state index contributed by atoms with van der Waals surface area (Å²) in [7, 11) is 0. The maximum atomic E-state index is 12.1. The Morgan fingerprint density at radius 3 is 3.12 bits per heavy atom. The molecule has 2 N–H and O–H groups in total. The van der Waals surface area contributed by atoms with Crippen molar-refractivity contribution in [1.82, 2.24) is 4.90 Å². The molecule has 4 heteroatoms. The summed E-state index contributed by atoms with van der Waals surface area (Å²) in [6.45, 7) is 3.81. The molecule has 94 valence electrons. The zero-order chi connectivity index (χ0) is 12.3. The molecule has 0 bridgehead atoms. The van der Waals surface area contributed by atoms with Gasteiger partial charge in [-0.1, -0.05) is 19.4 Å². The Morgan fingerprint density at radius 1 is 1.65 bits per heavy atom. The molecular formula is C13H20N2OS. The normalized spacial score (nSPS) is 24.9. The predicted molar refractivity (Wildman–Crippen MR) is 71.0 cm³/mol. The van der Waals surface area contributed by atoms with Gasteiger partial charge in [0.2, 0.25) is 5.91 Å². The van der Waals surface area contributed by atoms with Crippen LogP contribution in [0.2, 0.25) is 0 Å². The summed E-state index contributed by atoms with van der Waals surface area (Å²) in [5.74, 6) is 0.717. The topological polar surface area (TPSA) is 46.3 Å². The molecule has 0 spiro atoms. The molecule has 1 aromatic rings. The molecule has 17 heavy (non-hydrogen) atoms. The van der Waals surface area contributed by atoms with Crippen molar-refractivity contribution in [2.75, 3.05) is 13.1 Å². The molecule has 1 amide bonds. The van der Waals surface area contributed by atoms with Gasteiger partial charge in [0, 0.05) is 24.0 Å². The van der Waals surface area contributed by atoms with Crippen LogP contribution in [0.3, 0.4) is 0 Å². The van der Waals surface area contributed by atoms with E-state index in [1.165, 1.54) is 0 Å². The quantitative estimate of drug-likeness (QED) is 0.892. The van der Waals surface area contributed by atoms with Crippen molar-refractivity contribution in [1.29, 1.82) is 0 Å². The third-order valence-electron chi connectivity index (χ3n) is 3.58. The van der Waals surface area contributed by atoms with E-state index in [1.807, 2.05) is 22.4 Å². The molecular weight excluding hydrogens is 232 g/mol. The maximum absolute atomic E-state index is 12.1. The number of hydrogen-bond acceptors (Lipinski definition) is 3. The zero-order valence-electron chi connectivity index (χ0n) is 10.3. The number of thiophene rings is 1. The molecule has 2 unspecified atom stereocenters. The van der Waals surface area contributed by atoms with E-state index in [0.29, 0.717) is 12.3 Å². The summed E-state index contributed by atoms with van der Waals surface area (Å²) in [5, 5.41) is 2.02. The third kappa shape index (κ3) is 3.07. The summed E-state index contributed by atoms with van der Waals surface area (Å²) in [4.78, 5) is 15.3. The number of likely N-dealkylation sites (tertiary alicyclic amines) is 1. The molecule has 0 saturated carbocycles. The molecule has 2 atom stereocenters. The van der Waals surface area contributed by atoms with Gasteiger partial charge in [0.15, 0.2) is 0 Å². The van der Waals surface area contributed by atoms with Crippen molar-refractivity contribution in [3.8, 4) is 0 Å². The lowest BCUT2D eigenvalue weighted by atomic mass is 9.90. The van der Waals surface area contributed by atoms with Gasteiger partial charge in [0.25, 0.3) is 0 Å². The molecule has 0 radical (unpaired) electrons. The van der Waals surface area contributed by atoms with Crippen LogP contribution in [0.25, 0.3) is 0 Å². The smallest absolute Gasteiger partial charge is 0.227 e. The number of nitrogens with two attached hydrogens (primary N) is 1. The Kier molecular flexibility index (Phi) is 4.18. The third-order valence-corrected chi connectivity index (χ3v) is 4.45. The van der Waals surface area contributed by atoms with Crippen molar-refractivity contribution in [3.63, 3.8) is 0 Å². The van der Waals surface area contributed by atoms with Crippen LogP contribution in [0.1, 0.15) is 24.6 Å². The number of carbonyl (C=O) groups excluding carboxylic acids is 1. The second-order valence-corrected chi connectivity index (χ2v) is 5.75. The second kappa shape index (κ2) is 5.65. The predicted octanol–water partition coefficient (Wildman–Crippen LogP) is 1.88. The standard InChI is InChI=1S/C13H20N2OS/c1-2-10-9-15(6-5-12(10)14)13(16)8-11-4-3-7-17-11/h3-4,7,10,12H,2,5-6,8-9,14H2,1H3. The summed E-state index contributed by atoms with van der Waals surface area (Å²) in [5.41, 5.74) is 6.05. The van der Waals surface area contributed by atoms with Crippen molar-refractivity contribution in [2.45, 2.75) is 32.2 Å². The van der Waals surface area contributed by atoms with E-state index in [0.717, 1.165) is 30.8 Å². The van der Waals surface area contributed by atoms with Gasteiger partial charge in [-0.05, 0) is 23.8 Å². The summed E-state index contributed by atoms with van der Waals surface area (Å²) < 4.78 is 0. The van der Waals surface area contributed by atoms with Crippen molar-refractivity contribution in [2.24, 2.45) is 11.7 Å². The first-order valence-corrected chi connectivity index (χ1v) is 7.14. The van der Waals surface area contributed by atoms with E-state index in [-0.39, 0.29) is 11.9 Å². The molecule has 1 aromatic heterocycles. The first-order chi connectivity index (χ1) is 8.20. The van der Waals surface area contributed by atoms with Crippen LogP contribution >= 0.6 is 11.3 Å². The van der Waals surface area contributed by atoms with Crippen LogP contribution in [0.15, 0.2) is 17.5 Å². The molecule has 1 fully saturated rings. The molecule has 1 saturated heterocycles. The molecule has 2 heterocycles. The highest BCUT2D eigenvalue weighted by atomic mass is 32.1. The number of nitrogens with zero attached hydrogens (tertiary/aromatic N) is 1. The number of amides is 1. The van der Waals surface area contributed by atoms with Crippen molar-refractivity contribution < 1.29 is 4.79 Å². The van der Waals surface area contributed by atoms with Crippen molar-refractivity contribution >= 4 is 17.2 Å². The molecule has 0 aromatic carbocycles. The molecule has 1 aliphatic heterocycles. The van der Waals surface area contributed by atoms with E-state index in [1.54, 1.807) is 11.3 Å². The largest absolute Gasteiger partial charge is 0.342 e. The van der Waals surface area contributed by atoms with E-state index in [2.05, 4.69) is 6.92 Å². The van der Waals surface area contributed by atoms with Gasteiger partial charge in [0.05, 0.1) is 6.42 Å². The van der Waals surface area contributed by atoms with Gasteiger partial charge in [-0.2, -0.15) is 0 Å². The van der Waals surface area contributed by atoms with Crippen LogP contribution in [0.4, 0.5) is 0 Å². The highest BCUT2D eigenvalue weighted by molar-refractivity contribution is 7.10. The van der Waals surface area contributed by atoms with E-state index >= 15 is 0 Å². The highest BCUT2D eigenvalue weighted by Crippen LogP contribution is 2.20. The summed E-state index contributed by atoms with van der Waals surface area (Å²) >= 11 is 1.65. The maximum Gasteiger partial charge on any atom is 0.227 e. The average molecular weight is 252 g/mol. The fraction of sp³-hybridized carbons (Fsp3) is 0.615. The summed E-state index contributed by atoms with van der Waals surface area (Å²) in [6, 6.07) is 4.29. The van der Waals surface area contributed by atoms with Crippen LogP contribution in [-0.2, 0) is 11.2 Å². The van der Waals surface area contributed by atoms with E-state index < -0.39 is 0 Å². The number of carbonyl (C=O) groups is 1. The van der Waals surface area contributed by atoms with Gasteiger partial charge in [-0.25, -0.2) is 0 Å². The Labute approximate surface area is 107 Å². The van der Waals surface area contributed by atoms with Gasteiger partial charge in [-0.3, -0.25) is 4.79 Å². The lowest BCUT2D eigenvalue weighted by Gasteiger charge is -2.36. The number of hydrogen-bond donors (Lipinski definition) is 1. The molecule has 0 aliphatic carbocycles. The minimum absolute atomic E-state index is 0.248. The lowest BCUT2D eigenvalue weighted by Crippen LogP contribution is -2.49. The SMILES string of the molecule is CCC1CN(C(=O)Cc2cccs2)CCC1N. The Hall–Kier alpha value is -0.870. The monoisotopic (exact) mass is 252 g/mol. The van der Waals surface area contributed by atoms with Gasteiger partial charge in [0.1, 0.15) is 0 Å². The fourth-order valence-electron chi connectivity index (χ4n) is 2.38. The Bertz CT molecular complexity index is 364. The van der Waals surface area contributed by atoms with Crippen LogP contribution in [0, 0.1) is 5.92 Å². The minimum Gasteiger partial charge on any atom is -0.342 e. The average Bonchev–Trinajstić information content (AvgIpc) is 2.82. The van der Waals surface area contributed by atoms with Crippen LogP contribution < -0.4 is 5.73 Å². The van der Waals surface area contributed by atoms with E-state index in [4.69, 9.17) is 5.73 Å². The van der Waals surface area contributed by atoms with Gasteiger partial charge in [-0.15, -0.1) is 11.3 Å². The first-order valence-electron chi connectivity index (χ1n) is 6.26. The zero-order valence-corrected chi connectivity index (χ0v) is 11.1. The van der Waals surface area contributed by atoms with Crippen molar-refractivity contribution in [3.05, 3.63) is 22.4 Å². The Balaban J connectivity index is 1.91. The molecule has 3 nitrogen and oxygen atoms in total. The minimum atomic E-state index is 0.248. The number of piperidine rings is 1. The number of rotatable bonds is 3. The van der Waals surface area contributed by atoms with E-state index in [9.17, 15) is 4.79 Å². The first kappa shape index (κ1) is 12.6. The van der Waals surface area contributed by atoms with Crippen LogP contribution in [-0.4, -0.2) is 29.9 Å².